The van der Waals surface area contributed by atoms with Crippen LogP contribution >= 0.6 is 11.6 Å². The molecule has 0 radical (unpaired) electrons. The van der Waals surface area contributed by atoms with E-state index in [0.29, 0.717) is 23.9 Å². The Morgan fingerprint density at radius 3 is 2.90 bits per heavy atom. The lowest BCUT2D eigenvalue weighted by Crippen LogP contribution is -2.33. The van der Waals surface area contributed by atoms with E-state index >= 15 is 0 Å². The second-order valence-electron chi connectivity index (χ2n) is 5.74. The molecule has 6 heteroatoms. The van der Waals surface area contributed by atoms with Gasteiger partial charge in [0.2, 0.25) is 0 Å². The molecular weight excluding hydrogens is 310 g/mol. The Hall–Kier alpha value is -0.780. The summed E-state index contributed by atoms with van der Waals surface area (Å²) in [7, 11) is -2.90. The van der Waals surface area contributed by atoms with Crippen LogP contribution in [0.4, 0.5) is 0 Å². The van der Waals surface area contributed by atoms with Crippen LogP contribution in [0.25, 0.3) is 0 Å². The van der Waals surface area contributed by atoms with Gasteiger partial charge < -0.3 is 10.1 Å². The zero-order valence-electron chi connectivity index (χ0n) is 11.8. The minimum Gasteiger partial charge on any atom is -0.492 e. The first kappa shape index (κ1) is 15.1. The average molecular weight is 330 g/mol. The highest BCUT2D eigenvalue weighted by atomic mass is 35.5. The zero-order valence-corrected chi connectivity index (χ0v) is 13.4. The first-order valence-electron chi connectivity index (χ1n) is 7.44. The lowest BCUT2D eigenvalue weighted by Gasteiger charge is -2.21. The third-order valence-electron chi connectivity index (χ3n) is 4.31. The van der Waals surface area contributed by atoms with E-state index in [-0.39, 0.29) is 11.3 Å². The number of fused-ring (bicyclic) bond motifs is 1. The predicted molar refractivity (Wildman–Crippen MR) is 83.7 cm³/mol. The number of rotatable bonds is 3. The summed E-state index contributed by atoms with van der Waals surface area (Å²) in [5.41, 5.74) is 1.04. The molecule has 1 aromatic rings. The molecule has 2 atom stereocenters. The van der Waals surface area contributed by atoms with E-state index in [2.05, 4.69) is 5.32 Å². The second-order valence-corrected chi connectivity index (χ2v) is 8.55. The molecule has 3 rings (SSSR count). The van der Waals surface area contributed by atoms with Gasteiger partial charge in [0.1, 0.15) is 5.75 Å². The van der Waals surface area contributed by atoms with Gasteiger partial charge in [-0.2, -0.15) is 0 Å². The summed E-state index contributed by atoms with van der Waals surface area (Å²) in [6, 6.07) is 5.85. The van der Waals surface area contributed by atoms with Gasteiger partial charge in [0.25, 0.3) is 0 Å². The Morgan fingerprint density at radius 1 is 1.29 bits per heavy atom. The number of hydrogen-bond acceptors (Lipinski definition) is 4. The van der Waals surface area contributed by atoms with Crippen molar-refractivity contribution in [1.29, 1.82) is 0 Å². The number of sulfone groups is 1. The quantitative estimate of drug-likeness (QED) is 0.926. The van der Waals surface area contributed by atoms with Crippen molar-refractivity contribution < 1.29 is 13.2 Å². The van der Waals surface area contributed by atoms with Gasteiger partial charge in [-0.1, -0.05) is 23.7 Å². The van der Waals surface area contributed by atoms with Gasteiger partial charge in [0.05, 0.1) is 22.6 Å². The molecule has 1 fully saturated rings. The fourth-order valence-corrected chi connectivity index (χ4v) is 5.16. The van der Waals surface area contributed by atoms with Crippen LogP contribution in [0.15, 0.2) is 18.2 Å². The van der Waals surface area contributed by atoms with Crippen molar-refractivity contribution in [3.63, 3.8) is 0 Å². The number of halogens is 1. The van der Waals surface area contributed by atoms with Crippen LogP contribution in [0.1, 0.15) is 37.3 Å². The van der Waals surface area contributed by atoms with Crippen molar-refractivity contribution in [3.05, 3.63) is 28.8 Å². The lowest BCUT2D eigenvalue weighted by molar-refractivity contribution is 0.315. The van der Waals surface area contributed by atoms with Crippen LogP contribution in [0.5, 0.6) is 5.75 Å². The Kier molecular flexibility index (Phi) is 4.43. The van der Waals surface area contributed by atoms with Gasteiger partial charge in [-0.25, -0.2) is 8.42 Å². The predicted octanol–water partition coefficient (Wildman–Crippen LogP) is 2.72. The van der Waals surface area contributed by atoms with Crippen molar-refractivity contribution in [3.8, 4) is 5.75 Å². The molecule has 1 aromatic carbocycles. The molecule has 0 aliphatic carbocycles. The number of para-hydroxylation sites is 1. The third-order valence-corrected chi connectivity index (χ3v) is 6.88. The Bertz CT molecular complexity index is 617. The van der Waals surface area contributed by atoms with Gasteiger partial charge in [0, 0.05) is 18.2 Å². The molecule has 0 saturated carbocycles. The first-order chi connectivity index (χ1) is 10.1. The molecule has 0 spiro atoms. The van der Waals surface area contributed by atoms with Crippen molar-refractivity contribution in [2.24, 2.45) is 0 Å². The number of ether oxygens (including phenoxy) is 1. The minimum absolute atomic E-state index is 0.108. The molecule has 1 N–H and O–H groups in total. The molecule has 4 nitrogen and oxygen atoms in total. The fourth-order valence-electron chi connectivity index (χ4n) is 3.14. The van der Waals surface area contributed by atoms with Crippen LogP contribution in [0.3, 0.4) is 0 Å². The van der Waals surface area contributed by atoms with E-state index in [0.717, 1.165) is 37.0 Å². The first-order valence-corrected chi connectivity index (χ1v) is 9.53. The Labute approximate surface area is 130 Å². The highest BCUT2D eigenvalue weighted by Crippen LogP contribution is 2.37. The molecule has 1 saturated heterocycles. The minimum atomic E-state index is -2.90. The molecule has 116 valence electrons. The van der Waals surface area contributed by atoms with Crippen LogP contribution in [0, 0.1) is 0 Å². The smallest absolute Gasteiger partial charge is 0.154 e. The summed E-state index contributed by atoms with van der Waals surface area (Å²) in [6.07, 6.45) is 3.41. The molecule has 0 aromatic heterocycles. The SMILES string of the molecule is O=S1(=O)CCCC1CNC1CCCOc2c(Cl)cccc21. The summed E-state index contributed by atoms with van der Waals surface area (Å²) in [6.45, 7) is 1.16. The molecule has 2 aliphatic rings. The van der Waals surface area contributed by atoms with E-state index in [4.69, 9.17) is 16.3 Å². The van der Waals surface area contributed by atoms with E-state index in [1.165, 1.54) is 0 Å². The molecular formula is C15H20ClNO3S. The zero-order chi connectivity index (χ0) is 14.9. The molecule has 0 bridgehead atoms. The molecule has 21 heavy (non-hydrogen) atoms. The summed E-state index contributed by atoms with van der Waals surface area (Å²) in [4.78, 5) is 0. The highest BCUT2D eigenvalue weighted by Gasteiger charge is 2.32. The van der Waals surface area contributed by atoms with E-state index in [1.807, 2.05) is 18.2 Å². The van der Waals surface area contributed by atoms with Gasteiger partial charge in [-0.15, -0.1) is 0 Å². The van der Waals surface area contributed by atoms with Crippen molar-refractivity contribution >= 4 is 21.4 Å². The number of nitrogens with one attached hydrogen (secondary N) is 1. The van der Waals surface area contributed by atoms with Crippen LogP contribution < -0.4 is 10.1 Å². The summed E-state index contributed by atoms with van der Waals surface area (Å²) in [5.74, 6) is 1.07. The maximum absolute atomic E-state index is 11.9. The lowest BCUT2D eigenvalue weighted by atomic mass is 10.0. The van der Waals surface area contributed by atoms with E-state index < -0.39 is 9.84 Å². The van der Waals surface area contributed by atoms with E-state index in [1.54, 1.807) is 0 Å². The summed E-state index contributed by atoms with van der Waals surface area (Å²) in [5, 5.41) is 3.80. The van der Waals surface area contributed by atoms with Crippen molar-refractivity contribution in [2.75, 3.05) is 18.9 Å². The highest BCUT2D eigenvalue weighted by molar-refractivity contribution is 7.92. The van der Waals surface area contributed by atoms with Crippen LogP contribution in [-0.2, 0) is 9.84 Å². The van der Waals surface area contributed by atoms with Crippen molar-refractivity contribution in [1.82, 2.24) is 5.32 Å². The molecule has 2 unspecified atom stereocenters. The molecule has 2 heterocycles. The maximum Gasteiger partial charge on any atom is 0.154 e. The molecule has 2 aliphatic heterocycles. The van der Waals surface area contributed by atoms with Gasteiger partial charge in [-0.05, 0) is 31.7 Å². The second kappa shape index (κ2) is 6.15. The average Bonchev–Trinajstić information content (AvgIpc) is 2.67. The Morgan fingerprint density at radius 2 is 2.14 bits per heavy atom. The number of hydrogen-bond donors (Lipinski definition) is 1. The van der Waals surface area contributed by atoms with Crippen molar-refractivity contribution in [2.45, 2.75) is 37.0 Å². The number of benzene rings is 1. The largest absolute Gasteiger partial charge is 0.492 e. The topological polar surface area (TPSA) is 55.4 Å². The third kappa shape index (κ3) is 3.20. The molecule has 0 amide bonds. The van der Waals surface area contributed by atoms with E-state index in [9.17, 15) is 8.42 Å². The summed E-state index contributed by atoms with van der Waals surface area (Å²) >= 11 is 6.20. The van der Waals surface area contributed by atoms with Gasteiger partial charge in [0.15, 0.2) is 9.84 Å². The van der Waals surface area contributed by atoms with Gasteiger partial charge >= 0.3 is 0 Å². The standard InChI is InChI=1S/C15H20ClNO3S/c16-13-6-1-5-12-14(7-2-8-20-15(12)13)17-10-11-4-3-9-21(11,18)19/h1,5-6,11,14,17H,2-4,7-10H2. The van der Waals surface area contributed by atoms with Crippen LogP contribution in [0.2, 0.25) is 5.02 Å². The van der Waals surface area contributed by atoms with Crippen LogP contribution in [-0.4, -0.2) is 32.6 Å². The normalized spacial score (nSPS) is 27.7. The summed E-state index contributed by atoms with van der Waals surface area (Å²) < 4.78 is 29.6. The Balaban J connectivity index is 1.76. The monoisotopic (exact) mass is 329 g/mol. The maximum atomic E-state index is 11.9. The van der Waals surface area contributed by atoms with Gasteiger partial charge in [-0.3, -0.25) is 0 Å². The fraction of sp³-hybridized carbons (Fsp3) is 0.600.